The van der Waals surface area contributed by atoms with Gasteiger partial charge in [0.2, 0.25) is 11.8 Å². The number of halogens is 5. The summed E-state index contributed by atoms with van der Waals surface area (Å²) in [5.41, 5.74) is 2.31. The number of phenolic OH excluding ortho intramolecular Hbond substituents is 1. The molecule has 3 saturated heterocycles. The highest BCUT2D eigenvalue weighted by Crippen LogP contribution is 2.65. The summed E-state index contributed by atoms with van der Waals surface area (Å²) >= 11 is 12.6. The lowest BCUT2D eigenvalue weighted by Gasteiger charge is -2.50. The largest absolute Gasteiger partial charge is 0.508 e. The first kappa shape index (κ1) is 39.2. The number of phenols is 1. The first-order valence-electron chi connectivity index (χ1n) is 19.5. The second kappa shape index (κ2) is 14.8. The number of amides is 4. The van der Waals surface area contributed by atoms with Crippen molar-refractivity contribution in [2.45, 2.75) is 55.8 Å². The molecule has 4 aromatic rings. The van der Waals surface area contributed by atoms with E-state index in [2.05, 4.69) is 27.4 Å². The SMILES string of the molecule is O=C1[C@@H]2C[C@@H]3C(=CC[C@@H]4C(=O)N(C5CCN(Cc6ccccc6)CC5)C(=O)[C@@H]43)[C@H](c3ccccc3O)[C@]2(c2ccc(Cl)cc2)C(=O)N1Nc1ncc(C(F)(F)F)cc1Cl. The Morgan fingerprint density at radius 1 is 0.864 bits per heavy atom. The van der Waals surface area contributed by atoms with E-state index in [1.807, 2.05) is 24.3 Å². The number of para-hydroxylation sites is 1. The highest BCUT2D eigenvalue weighted by Gasteiger charge is 2.71. The molecule has 0 radical (unpaired) electrons. The van der Waals surface area contributed by atoms with Crippen molar-refractivity contribution in [3.8, 4) is 5.75 Å². The van der Waals surface area contributed by atoms with E-state index in [1.165, 1.54) is 16.5 Å². The number of rotatable bonds is 7. The lowest BCUT2D eigenvalue weighted by molar-refractivity contribution is -0.144. The van der Waals surface area contributed by atoms with Crippen LogP contribution < -0.4 is 5.43 Å². The fourth-order valence-electron chi connectivity index (χ4n) is 10.4. The average molecular weight is 845 g/mol. The van der Waals surface area contributed by atoms with Gasteiger partial charge in [0, 0.05) is 48.4 Å². The van der Waals surface area contributed by atoms with E-state index in [1.54, 1.807) is 42.5 Å². The van der Waals surface area contributed by atoms with Crippen molar-refractivity contribution < 1.29 is 37.5 Å². The molecule has 4 fully saturated rings. The summed E-state index contributed by atoms with van der Waals surface area (Å²) in [5, 5.41) is 12.2. The van der Waals surface area contributed by atoms with Gasteiger partial charge < -0.3 is 5.11 Å². The van der Waals surface area contributed by atoms with Crippen LogP contribution in [0, 0.1) is 23.7 Å². The van der Waals surface area contributed by atoms with Crippen LogP contribution in [0.3, 0.4) is 0 Å². The van der Waals surface area contributed by atoms with Crippen LogP contribution in [0.15, 0.2) is 103 Å². The van der Waals surface area contributed by atoms with Crippen LogP contribution in [0.1, 0.15) is 53.9 Å². The quantitative estimate of drug-likeness (QED) is 0.143. The molecule has 0 spiro atoms. The molecule has 9 rings (SSSR count). The number of fused-ring (bicyclic) bond motifs is 4. The summed E-state index contributed by atoms with van der Waals surface area (Å²) in [5.74, 6) is -6.93. The highest BCUT2D eigenvalue weighted by atomic mass is 35.5. The zero-order valence-corrected chi connectivity index (χ0v) is 32.9. The Balaban J connectivity index is 1.11. The van der Waals surface area contributed by atoms with Gasteiger partial charge in [-0.1, -0.05) is 95.5 Å². The van der Waals surface area contributed by atoms with Crippen molar-refractivity contribution in [1.29, 1.82) is 0 Å². The Hall–Kier alpha value is -5.24. The van der Waals surface area contributed by atoms with Crippen LogP contribution in [0.5, 0.6) is 5.75 Å². The molecule has 15 heteroatoms. The number of nitrogens with one attached hydrogen (secondary N) is 1. The van der Waals surface area contributed by atoms with Crippen molar-refractivity contribution in [3.05, 3.63) is 135 Å². The normalized spacial score (nSPS) is 27.4. The second-order valence-corrected chi connectivity index (χ2v) is 16.9. The molecule has 2 N–H and O–H groups in total. The number of aromatic nitrogens is 1. The van der Waals surface area contributed by atoms with Crippen molar-refractivity contribution in [3.63, 3.8) is 0 Å². The molecule has 10 nitrogen and oxygen atoms in total. The Morgan fingerprint density at radius 3 is 2.24 bits per heavy atom. The number of hydrogen-bond donors (Lipinski definition) is 2. The lowest BCUT2D eigenvalue weighted by atomic mass is 9.49. The maximum absolute atomic E-state index is 15.3. The number of piperidine rings is 1. The monoisotopic (exact) mass is 843 g/mol. The number of allylic oxidation sites excluding steroid dienone is 2. The number of aromatic hydroxyl groups is 1. The summed E-state index contributed by atoms with van der Waals surface area (Å²) < 4.78 is 40.6. The third kappa shape index (κ3) is 6.40. The van der Waals surface area contributed by atoms with Gasteiger partial charge in [-0.2, -0.15) is 18.2 Å². The molecule has 5 aliphatic rings. The number of hydrogen-bond acceptors (Lipinski definition) is 8. The number of hydrazine groups is 1. The number of carbonyl (C=O) groups excluding carboxylic acids is 4. The van der Waals surface area contributed by atoms with Gasteiger partial charge in [0.05, 0.1) is 33.8 Å². The first-order valence-corrected chi connectivity index (χ1v) is 20.3. The fourth-order valence-corrected chi connectivity index (χ4v) is 10.8. The van der Waals surface area contributed by atoms with Crippen molar-refractivity contribution >= 4 is 52.6 Å². The Kier molecular flexibility index (Phi) is 9.83. The van der Waals surface area contributed by atoms with E-state index >= 15 is 4.79 Å². The van der Waals surface area contributed by atoms with Gasteiger partial charge in [0.15, 0.2) is 5.82 Å². The standard InChI is InChI=1S/C44H38Cl2F3N5O5/c45-27-12-10-25(11-13-27)43-33(40(57)54(42(43)59)51-38-34(46)20-26(22-50-38)44(47,48)49)21-32-29(37(43)30-8-4-5-9-35(30)55)14-15-31-36(32)41(58)53(39(31)56)28-16-18-52(19-17-28)23-24-6-2-1-3-7-24/h1-14,20,22,28,31-33,36-37,55H,15-19,21,23H2,(H,50,51)/t31-,32+,33-,36-,37+,43+/m0/s1. The van der Waals surface area contributed by atoms with Gasteiger partial charge in [-0.3, -0.25) is 34.4 Å². The van der Waals surface area contributed by atoms with Crippen molar-refractivity contribution in [1.82, 2.24) is 19.8 Å². The lowest BCUT2D eigenvalue weighted by Crippen LogP contribution is -2.53. The molecule has 3 aliphatic heterocycles. The second-order valence-electron chi connectivity index (χ2n) is 16.0. The summed E-state index contributed by atoms with van der Waals surface area (Å²) in [4.78, 5) is 66.9. The minimum atomic E-state index is -4.75. The highest BCUT2D eigenvalue weighted by molar-refractivity contribution is 6.33. The minimum absolute atomic E-state index is 0.0149. The molecule has 2 aliphatic carbocycles. The smallest absolute Gasteiger partial charge is 0.417 e. The van der Waals surface area contributed by atoms with Crippen LogP contribution in [0.2, 0.25) is 10.0 Å². The van der Waals surface area contributed by atoms with E-state index in [-0.39, 0.29) is 42.3 Å². The van der Waals surface area contributed by atoms with E-state index in [4.69, 9.17) is 23.2 Å². The summed E-state index contributed by atoms with van der Waals surface area (Å²) in [7, 11) is 0. The molecule has 4 amide bonds. The topological polar surface area (TPSA) is 123 Å². The van der Waals surface area contributed by atoms with E-state index in [0.717, 1.165) is 11.6 Å². The molecular weight excluding hydrogens is 806 g/mol. The maximum atomic E-state index is 15.3. The van der Waals surface area contributed by atoms with Crippen LogP contribution >= 0.6 is 23.2 Å². The molecule has 6 atom stereocenters. The maximum Gasteiger partial charge on any atom is 0.417 e. The third-order valence-electron chi connectivity index (χ3n) is 13.0. The first-order chi connectivity index (χ1) is 28.3. The number of likely N-dealkylation sites (tertiary alicyclic amines) is 2. The summed E-state index contributed by atoms with van der Waals surface area (Å²) in [6.07, 6.45) is -0.867. The Morgan fingerprint density at radius 2 is 1.56 bits per heavy atom. The third-order valence-corrected chi connectivity index (χ3v) is 13.6. The molecule has 304 valence electrons. The zero-order chi connectivity index (χ0) is 41.4. The van der Waals surface area contributed by atoms with Gasteiger partial charge in [-0.05, 0) is 67.0 Å². The van der Waals surface area contributed by atoms with Gasteiger partial charge in [0.1, 0.15) is 5.75 Å². The van der Waals surface area contributed by atoms with Crippen molar-refractivity contribution in [2.75, 3.05) is 18.5 Å². The predicted octanol–water partition coefficient (Wildman–Crippen LogP) is 7.76. The van der Waals surface area contributed by atoms with Crippen molar-refractivity contribution in [2.24, 2.45) is 23.7 Å². The molecule has 0 unspecified atom stereocenters. The zero-order valence-electron chi connectivity index (χ0n) is 31.4. The number of alkyl halides is 3. The summed E-state index contributed by atoms with van der Waals surface area (Å²) in [6, 6.07) is 23.4. The van der Waals surface area contributed by atoms with Crippen LogP contribution in [0.4, 0.5) is 19.0 Å². The molecule has 1 saturated carbocycles. The number of anilines is 1. The van der Waals surface area contributed by atoms with Crippen LogP contribution in [-0.2, 0) is 37.3 Å². The molecule has 1 aromatic heterocycles. The fraction of sp³-hybridized carbons (Fsp3) is 0.341. The molecule has 59 heavy (non-hydrogen) atoms. The van der Waals surface area contributed by atoms with E-state index < -0.39 is 63.6 Å². The number of pyridine rings is 1. The summed E-state index contributed by atoms with van der Waals surface area (Å²) in [6.45, 7) is 2.18. The Labute approximate surface area is 347 Å². The average Bonchev–Trinajstić information content (AvgIpc) is 3.60. The molecule has 3 aromatic carbocycles. The molecular formula is C44H38Cl2F3N5O5. The van der Waals surface area contributed by atoms with Gasteiger partial charge >= 0.3 is 6.18 Å². The van der Waals surface area contributed by atoms with Crippen LogP contribution in [0.25, 0.3) is 0 Å². The number of carbonyl (C=O) groups is 4. The van der Waals surface area contributed by atoms with Gasteiger partial charge in [0.25, 0.3) is 11.8 Å². The Bertz CT molecular complexity index is 2390. The predicted molar refractivity (Wildman–Crippen MR) is 212 cm³/mol. The molecule has 0 bridgehead atoms. The molecule has 4 heterocycles. The van der Waals surface area contributed by atoms with E-state index in [9.17, 15) is 32.7 Å². The number of nitrogens with zero attached hydrogens (tertiary/aromatic N) is 4. The minimum Gasteiger partial charge on any atom is -0.508 e. The van der Waals surface area contributed by atoms with Gasteiger partial charge in [-0.15, -0.1) is 0 Å². The number of imide groups is 2. The van der Waals surface area contributed by atoms with Gasteiger partial charge in [-0.25, -0.2) is 4.98 Å². The van der Waals surface area contributed by atoms with E-state index in [0.29, 0.717) is 59.9 Å². The number of benzene rings is 3. The van der Waals surface area contributed by atoms with Crippen LogP contribution in [-0.4, -0.2) is 67.7 Å².